The van der Waals surface area contributed by atoms with Gasteiger partial charge in [0.25, 0.3) is 0 Å². The molecule has 1 heterocycles. The van der Waals surface area contributed by atoms with Crippen molar-refractivity contribution in [2.24, 2.45) is 11.1 Å². The van der Waals surface area contributed by atoms with E-state index >= 15 is 0 Å². The van der Waals surface area contributed by atoms with E-state index < -0.39 is 5.41 Å². The Hall–Kier alpha value is -1.79. The van der Waals surface area contributed by atoms with Gasteiger partial charge in [-0.3, -0.25) is 9.59 Å². The minimum atomic E-state index is -0.465. The maximum atomic E-state index is 13.0. The quantitative estimate of drug-likeness (QED) is 0.694. The molecule has 1 aliphatic rings. The van der Waals surface area contributed by atoms with Crippen molar-refractivity contribution in [3.63, 3.8) is 0 Å². The van der Waals surface area contributed by atoms with E-state index in [1.54, 1.807) is 7.11 Å². The number of hydrogen-bond acceptors (Lipinski definition) is 4. The highest BCUT2D eigenvalue weighted by Gasteiger charge is 2.37. The highest BCUT2D eigenvalue weighted by molar-refractivity contribution is 5.85. The molecule has 0 bridgehead atoms. The van der Waals surface area contributed by atoms with E-state index in [4.69, 9.17) is 10.5 Å². The van der Waals surface area contributed by atoms with E-state index in [0.717, 1.165) is 30.6 Å². The van der Waals surface area contributed by atoms with Gasteiger partial charge in [0.05, 0.1) is 12.5 Å². The molecule has 2 rings (SSSR count). The molecule has 0 spiro atoms. The first kappa shape index (κ1) is 25.2. The molecule has 0 aliphatic carbocycles. The highest BCUT2D eigenvalue weighted by atomic mass is 35.5. The van der Waals surface area contributed by atoms with Gasteiger partial charge in [-0.05, 0) is 43.4 Å². The molecule has 1 saturated heterocycles. The maximum Gasteiger partial charge on any atom is 0.230 e. The van der Waals surface area contributed by atoms with Crippen LogP contribution in [-0.2, 0) is 16.0 Å². The second kappa shape index (κ2) is 12.0. The van der Waals surface area contributed by atoms with Crippen LogP contribution in [0.5, 0.6) is 5.75 Å². The lowest BCUT2D eigenvalue weighted by Gasteiger charge is -2.34. The number of methoxy groups -OCH3 is 1. The van der Waals surface area contributed by atoms with Gasteiger partial charge in [-0.25, -0.2) is 0 Å². The average Bonchev–Trinajstić information content (AvgIpc) is 3.00. The molecular weight excluding hydrogens is 390 g/mol. The molecule has 2 N–H and O–H groups in total. The predicted molar refractivity (Wildman–Crippen MR) is 118 cm³/mol. The number of nitrogens with two attached hydrogens (primary N) is 1. The van der Waals surface area contributed by atoms with Crippen molar-refractivity contribution in [1.29, 1.82) is 0 Å². The minimum absolute atomic E-state index is 0. The summed E-state index contributed by atoms with van der Waals surface area (Å²) in [5.41, 5.74) is 6.60. The fourth-order valence-corrected chi connectivity index (χ4v) is 3.84. The van der Waals surface area contributed by atoms with Gasteiger partial charge in [0.1, 0.15) is 5.75 Å². The van der Waals surface area contributed by atoms with Crippen LogP contribution in [0.4, 0.5) is 0 Å². The summed E-state index contributed by atoms with van der Waals surface area (Å²) in [5, 5.41) is 0. The molecule has 6 nitrogen and oxygen atoms in total. The zero-order chi connectivity index (χ0) is 20.6. The summed E-state index contributed by atoms with van der Waals surface area (Å²) < 4.78 is 5.17. The van der Waals surface area contributed by atoms with Crippen LogP contribution in [0, 0.1) is 5.41 Å². The molecule has 0 atom stereocenters. The van der Waals surface area contributed by atoms with Gasteiger partial charge in [0.2, 0.25) is 11.8 Å². The smallest absolute Gasteiger partial charge is 0.230 e. The summed E-state index contributed by atoms with van der Waals surface area (Å²) in [6.07, 6.45) is 3.51. The molecule has 0 saturated carbocycles. The van der Waals surface area contributed by atoms with E-state index in [-0.39, 0.29) is 24.2 Å². The lowest BCUT2D eigenvalue weighted by atomic mass is 9.81. The van der Waals surface area contributed by atoms with Crippen LogP contribution in [0.2, 0.25) is 0 Å². The Balaban J connectivity index is 0.00000420. The van der Waals surface area contributed by atoms with Crippen molar-refractivity contribution >= 4 is 24.2 Å². The molecule has 0 radical (unpaired) electrons. The molecule has 0 aromatic heterocycles. The Labute approximate surface area is 181 Å². The monoisotopic (exact) mass is 425 g/mol. The third kappa shape index (κ3) is 6.34. The number of benzene rings is 1. The zero-order valence-electron chi connectivity index (χ0n) is 18.0. The average molecular weight is 426 g/mol. The number of rotatable bonds is 8. The van der Waals surface area contributed by atoms with Crippen LogP contribution in [0.15, 0.2) is 24.3 Å². The Morgan fingerprint density at radius 1 is 1.03 bits per heavy atom. The number of aryl methyl sites for hydroxylation is 1. The number of carbonyl (C=O) groups is 2. The van der Waals surface area contributed by atoms with Gasteiger partial charge in [-0.15, -0.1) is 12.4 Å². The number of hydrogen-bond donors (Lipinski definition) is 1. The summed E-state index contributed by atoms with van der Waals surface area (Å²) in [4.78, 5) is 29.5. The highest BCUT2D eigenvalue weighted by Crippen LogP contribution is 2.28. The van der Waals surface area contributed by atoms with Crippen LogP contribution in [0.1, 0.15) is 45.1 Å². The van der Waals surface area contributed by atoms with Crippen LogP contribution in [-0.4, -0.2) is 61.4 Å². The first-order valence-electron chi connectivity index (χ1n) is 10.4. The topological polar surface area (TPSA) is 75.9 Å². The van der Waals surface area contributed by atoms with Crippen molar-refractivity contribution < 1.29 is 14.3 Å². The summed E-state index contributed by atoms with van der Waals surface area (Å²) in [6, 6.07) is 7.83. The third-order valence-corrected chi connectivity index (χ3v) is 6.12. The number of carbonyl (C=O) groups excluding carboxylic acids is 2. The van der Waals surface area contributed by atoms with Gasteiger partial charge in [-0.1, -0.05) is 26.0 Å². The van der Waals surface area contributed by atoms with Crippen LogP contribution in [0.25, 0.3) is 0 Å². The number of nitrogens with zero attached hydrogens (tertiary/aromatic N) is 2. The van der Waals surface area contributed by atoms with E-state index in [2.05, 4.69) is 0 Å². The van der Waals surface area contributed by atoms with E-state index in [1.165, 1.54) is 0 Å². The molecule has 1 aromatic rings. The molecule has 0 unspecified atom stereocenters. The third-order valence-electron chi connectivity index (χ3n) is 6.12. The number of amides is 2. The summed E-state index contributed by atoms with van der Waals surface area (Å²) in [5.74, 6) is 1.12. The predicted octanol–water partition coefficient (Wildman–Crippen LogP) is 2.88. The van der Waals surface area contributed by atoms with Crippen LogP contribution in [0.3, 0.4) is 0 Å². The van der Waals surface area contributed by atoms with Gasteiger partial charge in [-0.2, -0.15) is 0 Å². The Morgan fingerprint density at radius 2 is 1.62 bits per heavy atom. The normalized spacial score (nSPS) is 14.8. The molecule has 7 heteroatoms. The fourth-order valence-electron chi connectivity index (χ4n) is 3.84. The lowest BCUT2D eigenvalue weighted by molar-refractivity contribution is -0.142. The van der Waals surface area contributed by atoms with Gasteiger partial charge in [0.15, 0.2) is 0 Å². The second-order valence-corrected chi connectivity index (χ2v) is 7.57. The molecule has 29 heavy (non-hydrogen) atoms. The Morgan fingerprint density at radius 3 is 2.17 bits per heavy atom. The summed E-state index contributed by atoms with van der Waals surface area (Å²) in [6.45, 7) is 7.03. The molecule has 1 aromatic carbocycles. The van der Waals surface area contributed by atoms with Gasteiger partial charge in [0, 0.05) is 39.1 Å². The number of halogens is 1. The standard InChI is InChI=1S/C22H35N3O3.ClH/c1-4-22(5-2,17-23)21(27)25-14-6-13-24(15-16-25)20(26)12-9-18-7-10-19(28-3)11-8-18;/h7-8,10-11H,4-6,9,12-17,23H2,1-3H3;1H. The molecule has 164 valence electrons. The first-order valence-corrected chi connectivity index (χ1v) is 10.4. The largest absolute Gasteiger partial charge is 0.497 e. The Kier molecular flexibility index (Phi) is 10.5. The van der Waals surface area contributed by atoms with E-state index in [1.807, 2.05) is 47.9 Å². The van der Waals surface area contributed by atoms with Crippen molar-refractivity contribution in [3.8, 4) is 5.75 Å². The Bertz CT molecular complexity index is 639. The first-order chi connectivity index (χ1) is 13.5. The molecule has 1 fully saturated rings. The summed E-state index contributed by atoms with van der Waals surface area (Å²) in [7, 11) is 1.64. The molecular formula is C22H36ClN3O3. The van der Waals surface area contributed by atoms with Gasteiger partial charge >= 0.3 is 0 Å². The summed E-state index contributed by atoms with van der Waals surface area (Å²) >= 11 is 0. The van der Waals surface area contributed by atoms with Crippen molar-refractivity contribution in [3.05, 3.63) is 29.8 Å². The lowest BCUT2D eigenvalue weighted by Crippen LogP contribution is -2.48. The van der Waals surface area contributed by atoms with E-state index in [9.17, 15) is 9.59 Å². The van der Waals surface area contributed by atoms with Crippen molar-refractivity contribution in [1.82, 2.24) is 9.80 Å². The molecule has 2 amide bonds. The minimum Gasteiger partial charge on any atom is -0.497 e. The SMILES string of the molecule is CCC(CC)(CN)C(=O)N1CCCN(C(=O)CCc2ccc(OC)cc2)CC1.Cl. The van der Waals surface area contributed by atoms with E-state index in [0.29, 0.717) is 45.6 Å². The van der Waals surface area contributed by atoms with Crippen LogP contribution < -0.4 is 10.5 Å². The fraction of sp³-hybridized carbons (Fsp3) is 0.636. The number of ether oxygens (including phenoxy) is 1. The zero-order valence-corrected chi connectivity index (χ0v) is 18.8. The van der Waals surface area contributed by atoms with Crippen molar-refractivity contribution in [2.75, 3.05) is 39.8 Å². The maximum absolute atomic E-state index is 13.0. The molecule has 1 aliphatic heterocycles. The second-order valence-electron chi connectivity index (χ2n) is 7.57. The van der Waals surface area contributed by atoms with Crippen molar-refractivity contribution in [2.45, 2.75) is 46.0 Å². The van der Waals surface area contributed by atoms with Crippen LogP contribution >= 0.6 is 12.4 Å². The van der Waals surface area contributed by atoms with Gasteiger partial charge < -0.3 is 20.3 Å².